The largest absolute Gasteiger partial charge is 0.345 e. The molecule has 0 saturated carbocycles. The molecule has 1 atom stereocenters. The van der Waals surface area contributed by atoms with Crippen molar-refractivity contribution in [1.82, 2.24) is 10.3 Å². The maximum Gasteiger partial charge on any atom is 0.253 e. The summed E-state index contributed by atoms with van der Waals surface area (Å²) >= 11 is 5.62. The fourth-order valence-electron chi connectivity index (χ4n) is 1.79. The van der Waals surface area contributed by atoms with E-state index in [-0.39, 0.29) is 16.3 Å². The second kappa shape index (κ2) is 5.96. The van der Waals surface area contributed by atoms with Gasteiger partial charge in [-0.3, -0.25) is 4.79 Å². The predicted octanol–water partition coefficient (Wildman–Crippen LogP) is 3.50. The van der Waals surface area contributed by atoms with Crippen molar-refractivity contribution in [1.29, 1.82) is 0 Å². The van der Waals surface area contributed by atoms with E-state index in [0.717, 1.165) is 12.1 Å². The van der Waals surface area contributed by atoms with Crippen molar-refractivity contribution in [3.8, 4) is 0 Å². The number of nitrogens with zero attached hydrogens (tertiary/aromatic N) is 1. The van der Waals surface area contributed by atoms with Gasteiger partial charge >= 0.3 is 0 Å². The van der Waals surface area contributed by atoms with Crippen LogP contribution in [0.3, 0.4) is 0 Å². The number of amides is 1. The van der Waals surface area contributed by atoms with E-state index < -0.39 is 23.6 Å². The van der Waals surface area contributed by atoms with Gasteiger partial charge in [0.1, 0.15) is 16.8 Å². The Balaban J connectivity index is 2.17. The van der Waals surface area contributed by atoms with Crippen LogP contribution in [0.2, 0.25) is 5.15 Å². The van der Waals surface area contributed by atoms with Gasteiger partial charge in [-0.05, 0) is 31.2 Å². The van der Waals surface area contributed by atoms with Crippen LogP contribution in [0.4, 0.5) is 8.78 Å². The molecule has 0 aliphatic rings. The number of carbonyl (C=O) groups is 1. The highest BCUT2D eigenvalue weighted by molar-refractivity contribution is 6.29. The van der Waals surface area contributed by atoms with Crippen LogP contribution >= 0.6 is 11.6 Å². The van der Waals surface area contributed by atoms with Crippen LogP contribution in [0, 0.1) is 11.6 Å². The third-order valence-electron chi connectivity index (χ3n) is 2.77. The summed E-state index contributed by atoms with van der Waals surface area (Å²) in [6.07, 6.45) is 1.29. The first-order valence-corrected chi connectivity index (χ1v) is 6.23. The van der Waals surface area contributed by atoms with E-state index >= 15 is 0 Å². The van der Waals surface area contributed by atoms with Crippen molar-refractivity contribution >= 4 is 17.5 Å². The number of aromatic nitrogens is 1. The first-order chi connectivity index (χ1) is 9.49. The van der Waals surface area contributed by atoms with E-state index in [9.17, 15) is 13.6 Å². The van der Waals surface area contributed by atoms with Crippen LogP contribution < -0.4 is 5.32 Å². The molecule has 1 amide bonds. The molecular formula is C14H11ClF2N2O. The van der Waals surface area contributed by atoms with Crippen LogP contribution in [-0.2, 0) is 0 Å². The van der Waals surface area contributed by atoms with Gasteiger partial charge in [-0.1, -0.05) is 17.7 Å². The lowest BCUT2D eigenvalue weighted by molar-refractivity contribution is 0.0938. The molecule has 1 heterocycles. The molecule has 0 bridgehead atoms. The van der Waals surface area contributed by atoms with Gasteiger partial charge in [0.05, 0.1) is 11.6 Å². The van der Waals surface area contributed by atoms with Gasteiger partial charge in [0.15, 0.2) is 0 Å². The van der Waals surface area contributed by atoms with E-state index in [2.05, 4.69) is 10.3 Å². The number of benzene rings is 1. The standard InChI is InChI=1S/C14H11ClF2N2O/c1-8(13-10(16)3-2-4-11(13)17)19-14(20)9-5-6-12(15)18-7-9/h2-8H,1H3,(H,19,20). The normalized spacial score (nSPS) is 12.0. The summed E-state index contributed by atoms with van der Waals surface area (Å²) in [6.45, 7) is 1.50. The Morgan fingerprint density at radius 1 is 1.25 bits per heavy atom. The Labute approximate surface area is 119 Å². The highest BCUT2D eigenvalue weighted by Gasteiger charge is 2.18. The molecule has 0 saturated heterocycles. The van der Waals surface area contributed by atoms with Gasteiger partial charge in [0, 0.05) is 11.8 Å². The molecule has 2 rings (SSSR count). The zero-order valence-electron chi connectivity index (χ0n) is 10.5. The summed E-state index contributed by atoms with van der Waals surface area (Å²) in [7, 11) is 0. The summed E-state index contributed by atoms with van der Waals surface area (Å²) in [5, 5.41) is 2.77. The van der Waals surface area contributed by atoms with Gasteiger partial charge in [0.25, 0.3) is 5.91 Å². The highest BCUT2D eigenvalue weighted by atomic mass is 35.5. The van der Waals surface area contributed by atoms with Gasteiger partial charge in [0.2, 0.25) is 0 Å². The lowest BCUT2D eigenvalue weighted by Gasteiger charge is -2.15. The SMILES string of the molecule is CC(NC(=O)c1ccc(Cl)nc1)c1c(F)cccc1F. The summed E-state index contributed by atoms with van der Waals surface area (Å²) in [4.78, 5) is 15.7. The number of carbonyl (C=O) groups excluding carboxylic acids is 1. The van der Waals surface area contributed by atoms with Crippen molar-refractivity contribution in [2.75, 3.05) is 0 Å². The van der Waals surface area contributed by atoms with E-state index in [1.807, 2.05) is 0 Å². The number of halogens is 3. The highest BCUT2D eigenvalue weighted by Crippen LogP contribution is 2.20. The molecule has 0 radical (unpaired) electrons. The molecule has 1 unspecified atom stereocenters. The number of rotatable bonds is 3. The summed E-state index contributed by atoms with van der Waals surface area (Å²) in [5.41, 5.74) is 0.0840. The minimum absolute atomic E-state index is 0.178. The summed E-state index contributed by atoms with van der Waals surface area (Å²) < 4.78 is 27.2. The topological polar surface area (TPSA) is 42.0 Å². The van der Waals surface area contributed by atoms with Crippen molar-refractivity contribution in [2.45, 2.75) is 13.0 Å². The smallest absolute Gasteiger partial charge is 0.253 e. The van der Waals surface area contributed by atoms with Gasteiger partial charge in [-0.15, -0.1) is 0 Å². The average molecular weight is 297 g/mol. The second-order valence-electron chi connectivity index (χ2n) is 4.20. The molecule has 6 heteroatoms. The lowest BCUT2D eigenvalue weighted by Crippen LogP contribution is -2.28. The van der Waals surface area contributed by atoms with Crippen molar-refractivity contribution in [3.05, 3.63) is 64.4 Å². The molecule has 2 aromatic rings. The zero-order chi connectivity index (χ0) is 14.7. The number of pyridine rings is 1. The van der Waals surface area contributed by atoms with Crippen molar-refractivity contribution in [3.63, 3.8) is 0 Å². The minimum atomic E-state index is -0.806. The van der Waals surface area contributed by atoms with Gasteiger partial charge in [-0.2, -0.15) is 0 Å². The molecule has 1 aromatic heterocycles. The van der Waals surface area contributed by atoms with E-state index in [1.165, 1.54) is 31.3 Å². The minimum Gasteiger partial charge on any atom is -0.345 e. The summed E-state index contributed by atoms with van der Waals surface area (Å²) in [6, 6.07) is 5.70. The molecule has 0 fully saturated rings. The Hall–Kier alpha value is -2.01. The molecule has 0 spiro atoms. The third-order valence-corrected chi connectivity index (χ3v) is 2.99. The Morgan fingerprint density at radius 3 is 2.45 bits per heavy atom. The molecule has 104 valence electrons. The Bertz CT molecular complexity index is 611. The first-order valence-electron chi connectivity index (χ1n) is 5.85. The first kappa shape index (κ1) is 14.4. The van der Waals surface area contributed by atoms with Crippen molar-refractivity contribution < 1.29 is 13.6 Å². The predicted molar refractivity (Wildman–Crippen MR) is 71.5 cm³/mol. The van der Waals surface area contributed by atoms with Crippen LogP contribution in [-0.4, -0.2) is 10.9 Å². The van der Waals surface area contributed by atoms with Crippen LogP contribution in [0.5, 0.6) is 0 Å². The molecule has 20 heavy (non-hydrogen) atoms. The van der Waals surface area contributed by atoms with Gasteiger partial charge in [-0.25, -0.2) is 13.8 Å². The third kappa shape index (κ3) is 3.11. The maximum atomic E-state index is 13.6. The molecular weight excluding hydrogens is 286 g/mol. The van der Waals surface area contributed by atoms with Crippen molar-refractivity contribution in [2.24, 2.45) is 0 Å². The van der Waals surface area contributed by atoms with E-state index in [0.29, 0.717) is 0 Å². The zero-order valence-corrected chi connectivity index (χ0v) is 11.3. The fraction of sp³-hybridized carbons (Fsp3) is 0.143. The fourth-order valence-corrected chi connectivity index (χ4v) is 1.90. The van der Waals surface area contributed by atoms with Crippen LogP contribution in [0.1, 0.15) is 28.9 Å². The Morgan fingerprint density at radius 2 is 1.90 bits per heavy atom. The molecule has 3 nitrogen and oxygen atoms in total. The van der Waals surface area contributed by atoms with Crippen LogP contribution in [0.25, 0.3) is 0 Å². The number of hydrogen-bond acceptors (Lipinski definition) is 2. The lowest BCUT2D eigenvalue weighted by atomic mass is 10.1. The second-order valence-corrected chi connectivity index (χ2v) is 4.59. The molecule has 1 aromatic carbocycles. The number of nitrogens with one attached hydrogen (secondary N) is 1. The number of hydrogen-bond donors (Lipinski definition) is 1. The van der Waals surface area contributed by atoms with E-state index in [4.69, 9.17) is 11.6 Å². The summed E-state index contributed by atoms with van der Waals surface area (Å²) in [5.74, 6) is -1.89. The molecule has 0 aliphatic heterocycles. The molecule has 1 N–H and O–H groups in total. The van der Waals surface area contributed by atoms with E-state index in [1.54, 1.807) is 0 Å². The Kier molecular flexibility index (Phi) is 4.29. The maximum absolute atomic E-state index is 13.6. The average Bonchev–Trinajstić information content (AvgIpc) is 2.39. The monoisotopic (exact) mass is 296 g/mol. The quantitative estimate of drug-likeness (QED) is 0.881. The van der Waals surface area contributed by atoms with Gasteiger partial charge < -0.3 is 5.32 Å². The van der Waals surface area contributed by atoms with Crippen LogP contribution in [0.15, 0.2) is 36.5 Å². The molecule has 0 aliphatic carbocycles.